The van der Waals surface area contributed by atoms with Crippen molar-refractivity contribution in [2.24, 2.45) is 0 Å². The second-order valence-corrected chi connectivity index (χ2v) is 13.5. The van der Waals surface area contributed by atoms with Gasteiger partial charge >= 0.3 is 0 Å². The molecule has 0 aliphatic rings. The Morgan fingerprint density at radius 2 is 1.50 bits per heavy atom. The molecule has 10 heteroatoms. The largest absolute Gasteiger partial charge is 0.493 e. The molecule has 0 unspecified atom stereocenters. The van der Waals surface area contributed by atoms with Crippen molar-refractivity contribution in [3.63, 3.8) is 0 Å². The Kier molecular flexibility index (Phi) is 12.6. The fourth-order valence-corrected chi connectivity index (χ4v) is 6.81. The molecule has 0 heterocycles. The van der Waals surface area contributed by atoms with Crippen LogP contribution < -0.4 is 19.1 Å². The highest BCUT2D eigenvalue weighted by Crippen LogP contribution is 2.32. The van der Waals surface area contributed by atoms with Gasteiger partial charge in [-0.05, 0) is 61.2 Å². The van der Waals surface area contributed by atoms with Crippen molar-refractivity contribution < 1.29 is 27.5 Å². The number of hydrogen-bond donors (Lipinski definition) is 1. The average Bonchev–Trinajstić information content (AvgIpc) is 3.09. The Labute approximate surface area is 284 Å². The predicted octanol–water partition coefficient (Wildman–Crippen LogP) is 6.07. The van der Waals surface area contributed by atoms with Gasteiger partial charge in [0, 0.05) is 25.6 Å². The molecular formula is C38H45N3O6S. The van der Waals surface area contributed by atoms with Crippen LogP contribution in [-0.2, 0) is 32.6 Å². The summed E-state index contributed by atoms with van der Waals surface area (Å²) in [5.41, 5.74) is 3.93. The molecule has 0 aliphatic heterocycles. The van der Waals surface area contributed by atoms with E-state index in [0.29, 0.717) is 18.0 Å². The number of benzene rings is 4. The Hall–Kier alpha value is -4.83. The van der Waals surface area contributed by atoms with Crippen LogP contribution in [0.25, 0.3) is 0 Å². The van der Waals surface area contributed by atoms with E-state index in [1.165, 1.54) is 37.3 Å². The Bertz CT molecular complexity index is 1780. The molecule has 4 aromatic rings. The molecule has 0 radical (unpaired) electrons. The molecule has 0 bridgehead atoms. The fraction of sp³-hybridized carbons (Fsp3) is 0.316. The molecule has 48 heavy (non-hydrogen) atoms. The molecule has 0 saturated heterocycles. The van der Waals surface area contributed by atoms with Crippen molar-refractivity contribution in [2.75, 3.05) is 31.6 Å². The zero-order chi connectivity index (χ0) is 34.7. The molecular weight excluding hydrogens is 627 g/mol. The molecule has 2 amide bonds. The molecule has 0 aliphatic carbocycles. The molecule has 4 aromatic carbocycles. The number of amides is 2. The highest BCUT2D eigenvalue weighted by Gasteiger charge is 2.35. The zero-order valence-corrected chi connectivity index (χ0v) is 29.1. The van der Waals surface area contributed by atoms with E-state index in [-0.39, 0.29) is 29.5 Å². The first-order valence-electron chi connectivity index (χ1n) is 16.1. The van der Waals surface area contributed by atoms with Crippen LogP contribution in [0, 0.1) is 13.8 Å². The van der Waals surface area contributed by atoms with Crippen LogP contribution in [0.2, 0.25) is 0 Å². The van der Waals surface area contributed by atoms with Crippen LogP contribution >= 0.6 is 0 Å². The average molecular weight is 672 g/mol. The topological polar surface area (TPSA) is 105 Å². The summed E-state index contributed by atoms with van der Waals surface area (Å²) in [6.45, 7) is 5.93. The summed E-state index contributed by atoms with van der Waals surface area (Å²) < 4.78 is 40.6. The molecule has 1 N–H and O–H groups in total. The first-order chi connectivity index (χ1) is 23.1. The van der Waals surface area contributed by atoms with Crippen LogP contribution in [0.4, 0.5) is 5.69 Å². The van der Waals surface area contributed by atoms with Gasteiger partial charge in [-0.25, -0.2) is 8.42 Å². The molecule has 1 atom stereocenters. The smallest absolute Gasteiger partial charge is 0.264 e. The third-order valence-corrected chi connectivity index (χ3v) is 10.0. The normalized spacial score (nSPS) is 11.8. The minimum Gasteiger partial charge on any atom is -0.493 e. The standard InChI is InChI=1S/C38H45N3O6S/c1-6-7-23-39-38(43)34(24-30-14-9-8-10-15-30)40(26-31-16-12-11-13-29(31)3)37(42)27-41(32-19-17-28(2)18-20-32)48(44,45)33-21-22-35(46-4)36(25-33)47-5/h8-22,25,34H,6-7,23-24,26-27H2,1-5H3,(H,39,43)/t34-/m1/s1. The van der Waals surface area contributed by atoms with Gasteiger partial charge in [0.25, 0.3) is 10.0 Å². The van der Waals surface area contributed by atoms with E-state index in [1.807, 2.05) is 75.4 Å². The molecule has 0 saturated carbocycles. The van der Waals surface area contributed by atoms with Gasteiger partial charge in [-0.15, -0.1) is 0 Å². The Balaban J connectivity index is 1.82. The highest BCUT2D eigenvalue weighted by molar-refractivity contribution is 7.92. The monoisotopic (exact) mass is 671 g/mol. The van der Waals surface area contributed by atoms with Crippen LogP contribution in [0.15, 0.2) is 102 Å². The van der Waals surface area contributed by atoms with E-state index < -0.39 is 28.5 Å². The van der Waals surface area contributed by atoms with Crippen LogP contribution in [0.1, 0.15) is 42.0 Å². The first-order valence-corrected chi connectivity index (χ1v) is 17.5. The van der Waals surface area contributed by atoms with Crippen molar-refractivity contribution in [1.82, 2.24) is 10.2 Å². The van der Waals surface area contributed by atoms with E-state index in [9.17, 15) is 18.0 Å². The summed E-state index contributed by atoms with van der Waals surface area (Å²) in [7, 11) is -1.41. The predicted molar refractivity (Wildman–Crippen MR) is 189 cm³/mol. The van der Waals surface area contributed by atoms with Crippen molar-refractivity contribution in [3.8, 4) is 11.5 Å². The van der Waals surface area contributed by atoms with Gasteiger partial charge in [0.15, 0.2) is 11.5 Å². The first kappa shape index (κ1) is 36.0. The summed E-state index contributed by atoms with van der Waals surface area (Å²) in [6, 6.07) is 27.5. The van der Waals surface area contributed by atoms with E-state index in [4.69, 9.17) is 9.47 Å². The van der Waals surface area contributed by atoms with Crippen LogP contribution in [-0.4, -0.2) is 58.5 Å². The van der Waals surface area contributed by atoms with Gasteiger partial charge in [-0.1, -0.05) is 85.6 Å². The van der Waals surface area contributed by atoms with Crippen molar-refractivity contribution in [1.29, 1.82) is 0 Å². The lowest BCUT2D eigenvalue weighted by molar-refractivity contribution is -0.140. The quantitative estimate of drug-likeness (QED) is 0.145. The van der Waals surface area contributed by atoms with Crippen molar-refractivity contribution in [3.05, 3.63) is 119 Å². The van der Waals surface area contributed by atoms with E-state index in [0.717, 1.165) is 39.4 Å². The number of ether oxygens (including phenoxy) is 2. The number of nitrogens with zero attached hydrogens (tertiary/aromatic N) is 2. The van der Waals surface area contributed by atoms with Gasteiger partial charge in [0.2, 0.25) is 11.8 Å². The summed E-state index contributed by atoms with van der Waals surface area (Å²) >= 11 is 0. The van der Waals surface area contributed by atoms with Crippen molar-refractivity contribution in [2.45, 2.75) is 57.5 Å². The summed E-state index contributed by atoms with van der Waals surface area (Å²) in [4.78, 5) is 30.0. The Morgan fingerprint density at radius 1 is 0.833 bits per heavy atom. The summed E-state index contributed by atoms with van der Waals surface area (Å²) in [6.07, 6.45) is 1.94. The number of carbonyl (C=O) groups excluding carboxylic acids is 2. The van der Waals surface area contributed by atoms with Gasteiger partial charge in [-0.2, -0.15) is 0 Å². The molecule has 0 spiro atoms. The third kappa shape index (κ3) is 8.95. The molecule has 0 aromatic heterocycles. The SMILES string of the molecule is CCCCNC(=O)[C@@H](Cc1ccccc1)N(Cc1ccccc1C)C(=O)CN(c1ccc(C)cc1)S(=O)(=O)c1ccc(OC)c(OC)c1. The number of sulfonamides is 1. The third-order valence-electron chi connectivity index (χ3n) is 8.25. The molecule has 0 fully saturated rings. The summed E-state index contributed by atoms with van der Waals surface area (Å²) in [5, 5.41) is 3.02. The number of nitrogens with one attached hydrogen (secondary N) is 1. The van der Waals surface area contributed by atoms with Gasteiger partial charge in [-0.3, -0.25) is 13.9 Å². The minimum atomic E-state index is -4.31. The van der Waals surface area contributed by atoms with Crippen LogP contribution in [0.3, 0.4) is 0 Å². The lowest BCUT2D eigenvalue weighted by Gasteiger charge is -2.34. The molecule has 254 valence electrons. The zero-order valence-electron chi connectivity index (χ0n) is 28.3. The summed E-state index contributed by atoms with van der Waals surface area (Å²) in [5.74, 6) is -0.202. The van der Waals surface area contributed by atoms with Crippen LogP contribution in [0.5, 0.6) is 11.5 Å². The fourth-order valence-electron chi connectivity index (χ4n) is 5.38. The second-order valence-electron chi connectivity index (χ2n) is 11.7. The Morgan fingerprint density at radius 3 is 2.15 bits per heavy atom. The lowest BCUT2D eigenvalue weighted by Crippen LogP contribution is -2.53. The van der Waals surface area contributed by atoms with Gasteiger partial charge in [0.05, 0.1) is 24.8 Å². The van der Waals surface area contributed by atoms with E-state index >= 15 is 0 Å². The van der Waals surface area contributed by atoms with Gasteiger partial charge in [0.1, 0.15) is 12.6 Å². The maximum Gasteiger partial charge on any atom is 0.264 e. The number of aryl methyl sites for hydroxylation is 2. The lowest BCUT2D eigenvalue weighted by atomic mass is 10.0. The molecule has 4 rings (SSSR count). The highest BCUT2D eigenvalue weighted by atomic mass is 32.2. The number of methoxy groups -OCH3 is 2. The minimum absolute atomic E-state index is 0.0721. The van der Waals surface area contributed by atoms with E-state index in [1.54, 1.807) is 24.3 Å². The number of rotatable bonds is 16. The molecule has 9 nitrogen and oxygen atoms in total. The number of unbranched alkanes of at least 4 members (excludes halogenated alkanes) is 1. The number of anilines is 1. The second kappa shape index (κ2) is 16.8. The van der Waals surface area contributed by atoms with Crippen molar-refractivity contribution >= 4 is 27.5 Å². The maximum atomic E-state index is 14.7. The maximum absolute atomic E-state index is 14.7. The van der Waals surface area contributed by atoms with E-state index in [2.05, 4.69) is 5.32 Å². The number of hydrogen-bond acceptors (Lipinski definition) is 6. The number of carbonyl (C=O) groups is 2. The van der Waals surface area contributed by atoms with Gasteiger partial charge < -0.3 is 19.7 Å².